The van der Waals surface area contributed by atoms with Gasteiger partial charge in [0.2, 0.25) is 0 Å². The van der Waals surface area contributed by atoms with Crippen molar-refractivity contribution in [1.29, 1.82) is 0 Å². The van der Waals surface area contributed by atoms with Crippen LogP contribution in [-0.4, -0.2) is 42.7 Å². The molecule has 2 unspecified atom stereocenters. The molecule has 0 aliphatic carbocycles. The van der Waals surface area contributed by atoms with Crippen LogP contribution in [0.25, 0.3) is 0 Å². The predicted octanol–water partition coefficient (Wildman–Crippen LogP) is 2.76. The normalized spacial score (nSPS) is 29.1. The Kier molecular flexibility index (Phi) is 4.34. The van der Waals surface area contributed by atoms with Gasteiger partial charge in [0.25, 0.3) is 0 Å². The number of nitrogens with zero attached hydrogens (tertiary/aromatic N) is 1. The highest BCUT2D eigenvalue weighted by Crippen LogP contribution is 2.30. The van der Waals surface area contributed by atoms with Crippen LogP contribution in [0.4, 0.5) is 0 Å². The molecular formula is C18H28N2O. The monoisotopic (exact) mass is 288 g/mol. The van der Waals surface area contributed by atoms with E-state index in [9.17, 15) is 0 Å². The predicted molar refractivity (Wildman–Crippen MR) is 86.6 cm³/mol. The van der Waals surface area contributed by atoms with E-state index in [4.69, 9.17) is 4.74 Å². The van der Waals surface area contributed by atoms with Crippen molar-refractivity contribution in [2.75, 3.05) is 26.2 Å². The van der Waals surface area contributed by atoms with E-state index in [1.54, 1.807) is 0 Å². The summed E-state index contributed by atoms with van der Waals surface area (Å²) in [6.45, 7) is 11.0. The van der Waals surface area contributed by atoms with Crippen LogP contribution in [0.15, 0.2) is 24.3 Å². The van der Waals surface area contributed by atoms with Crippen molar-refractivity contribution >= 4 is 0 Å². The largest absolute Gasteiger partial charge is 0.372 e. The molecule has 0 aromatic heterocycles. The summed E-state index contributed by atoms with van der Waals surface area (Å²) in [4.78, 5) is 2.62. The third kappa shape index (κ3) is 3.15. The van der Waals surface area contributed by atoms with E-state index in [2.05, 4.69) is 55.3 Å². The van der Waals surface area contributed by atoms with Crippen LogP contribution < -0.4 is 5.32 Å². The van der Waals surface area contributed by atoms with Crippen LogP contribution in [0.1, 0.15) is 44.4 Å². The second-order valence-corrected chi connectivity index (χ2v) is 7.01. The van der Waals surface area contributed by atoms with E-state index in [-0.39, 0.29) is 11.6 Å². The fourth-order valence-corrected chi connectivity index (χ4v) is 3.51. The molecule has 0 spiro atoms. The van der Waals surface area contributed by atoms with Gasteiger partial charge < -0.3 is 10.1 Å². The number of benzene rings is 1. The van der Waals surface area contributed by atoms with E-state index in [0.29, 0.717) is 6.04 Å². The Morgan fingerprint density at radius 1 is 1.33 bits per heavy atom. The van der Waals surface area contributed by atoms with Crippen LogP contribution in [0.3, 0.4) is 0 Å². The number of rotatable bonds is 3. The molecule has 3 nitrogen and oxygen atoms in total. The molecule has 1 saturated heterocycles. The molecule has 116 valence electrons. The highest BCUT2D eigenvalue weighted by molar-refractivity contribution is 5.31. The standard InChI is InChI=1S/C18H28N2O/c1-4-15-11-20(18(2,3)13-19-15)12-17-16-8-6-5-7-14(16)9-10-21-17/h5-8,15,17,19H,4,9-13H2,1-3H3. The number of hydrogen-bond acceptors (Lipinski definition) is 3. The lowest BCUT2D eigenvalue weighted by molar-refractivity contribution is -0.0243. The van der Waals surface area contributed by atoms with Gasteiger partial charge in [-0.3, -0.25) is 4.90 Å². The molecule has 21 heavy (non-hydrogen) atoms. The zero-order chi connectivity index (χ0) is 14.9. The zero-order valence-corrected chi connectivity index (χ0v) is 13.6. The Hall–Kier alpha value is -0.900. The van der Waals surface area contributed by atoms with Gasteiger partial charge >= 0.3 is 0 Å². The molecule has 2 aliphatic heterocycles. The van der Waals surface area contributed by atoms with Gasteiger partial charge in [0.15, 0.2) is 0 Å². The summed E-state index contributed by atoms with van der Waals surface area (Å²) < 4.78 is 6.11. The number of hydrogen-bond donors (Lipinski definition) is 1. The summed E-state index contributed by atoms with van der Waals surface area (Å²) in [6, 6.07) is 9.38. The van der Waals surface area contributed by atoms with E-state index < -0.39 is 0 Å². The first kappa shape index (κ1) is 15.0. The fraction of sp³-hybridized carbons (Fsp3) is 0.667. The van der Waals surface area contributed by atoms with Crippen LogP contribution in [0, 0.1) is 0 Å². The van der Waals surface area contributed by atoms with E-state index >= 15 is 0 Å². The van der Waals surface area contributed by atoms with Crippen LogP contribution in [0.5, 0.6) is 0 Å². The van der Waals surface area contributed by atoms with Crippen molar-refractivity contribution in [1.82, 2.24) is 10.2 Å². The number of ether oxygens (including phenoxy) is 1. The molecule has 3 rings (SSSR count). The van der Waals surface area contributed by atoms with Gasteiger partial charge in [-0.2, -0.15) is 0 Å². The van der Waals surface area contributed by atoms with Crippen LogP contribution in [-0.2, 0) is 11.2 Å². The van der Waals surface area contributed by atoms with Gasteiger partial charge in [-0.25, -0.2) is 0 Å². The van der Waals surface area contributed by atoms with Crippen molar-refractivity contribution in [3.63, 3.8) is 0 Å². The highest BCUT2D eigenvalue weighted by atomic mass is 16.5. The van der Waals surface area contributed by atoms with Gasteiger partial charge in [-0.05, 0) is 37.8 Å². The van der Waals surface area contributed by atoms with Crippen molar-refractivity contribution in [2.24, 2.45) is 0 Å². The number of fused-ring (bicyclic) bond motifs is 1. The third-order valence-corrected chi connectivity index (χ3v) is 5.09. The molecule has 0 bridgehead atoms. The average molecular weight is 288 g/mol. The number of piperazine rings is 1. The fourth-order valence-electron chi connectivity index (χ4n) is 3.51. The van der Waals surface area contributed by atoms with Crippen LogP contribution in [0.2, 0.25) is 0 Å². The molecular weight excluding hydrogens is 260 g/mol. The SMILES string of the molecule is CCC1CN(CC2OCCc3ccccc32)C(C)(C)CN1. The molecule has 2 atom stereocenters. The summed E-state index contributed by atoms with van der Waals surface area (Å²) in [7, 11) is 0. The lowest BCUT2D eigenvalue weighted by atomic mass is 9.93. The minimum absolute atomic E-state index is 0.196. The maximum Gasteiger partial charge on any atom is 0.0954 e. The molecule has 0 amide bonds. The minimum Gasteiger partial charge on any atom is -0.372 e. The summed E-state index contributed by atoms with van der Waals surface area (Å²) >= 11 is 0. The first-order valence-electron chi connectivity index (χ1n) is 8.28. The Morgan fingerprint density at radius 2 is 2.14 bits per heavy atom. The lowest BCUT2D eigenvalue weighted by Gasteiger charge is -2.47. The van der Waals surface area contributed by atoms with Crippen LogP contribution >= 0.6 is 0 Å². The topological polar surface area (TPSA) is 24.5 Å². The summed E-state index contributed by atoms with van der Waals surface area (Å²) in [6.07, 6.45) is 2.47. The maximum absolute atomic E-state index is 6.11. The molecule has 0 radical (unpaired) electrons. The lowest BCUT2D eigenvalue weighted by Crippen LogP contribution is -2.62. The first-order chi connectivity index (χ1) is 10.1. The molecule has 3 heteroatoms. The third-order valence-electron chi connectivity index (χ3n) is 5.09. The summed E-state index contributed by atoms with van der Waals surface area (Å²) in [5.74, 6) is 0. The summed E-state index contributed by atoms with van der Waals surface area (Å²) in [5.41, 5.74) is 3.06. The van der Waals surface area contributed by atoms with E-state index in [1.807, 2.05) is 0 Å². The molecule has 2 aliphatic rings. The molecule has 2 heterocycles. The highest BCUT2D eigenvalue weighted by Gasteiger charge is 2.35. The molecule has 0 saturated carbocycles. The van der Waals surface area contributed by atoms with E-state index in [1.165, 1.54) is 17.5 Å². The van der Waals surface area contributed by atoms with E-state index in [0.717, 1.165) is 32.7 Å². The molecule has 1 fully saturated rings. The molecule has 1 aromatic rings. The Labute approximate surface area is 128 Å². The van der Waals surface area contributed by atoms with Gasteiger partial charge in [-0.1, -0.05) is 31.2 Å². The zero-order valence-electron chi connectivity index (χ0n) is 13.6. The maximum atomic E-state index is 6.11. The first-order valence-corrected chi connectivity index (χ1v) is 8.28. The van der Waals surface area contributed by atoms with Gasteiger partial charge in [0.05, 0.1) is 12.7 Å². The molecule has 1 aromatic carbocycles. The van der Waals surface area contributed by atoms with Crippen molar-refractivity contribution in [3.8, 4) is 0 Å². The number of nitrogens with one attached hydrogen (secondary N) is 1. The quantitative estimate of drug-likeness (QED) is 0.925. The summed E-state index contributed by atoms with van der Waals surface area (Å²) in [5, 5.41) is 3.66. The Bertz CT molecular complexity index is 486. The smallest absolute Gasteiger partial charge is 0.0954 e. The minimum atomic E-state index is 0.196. The Morgan fingerprint density at radius 3 is 2.95 bits per heavy atom. The van der Waals surface area contributed by atoms with Gasteiger partial charge in [0, 0.05) is 31.2 Å². The molecule has 1 N–H and O–H groups in total. The van der Waals surface area contributed by atoms with Crippen molar-refractivity contribution in [2.45, 2.75) is 51.3 Å². The van der Waals surface area contributed by atoms with Crippen molar-refractivity contribution < 1.29 is 4.74 Å². The van der Waals surface area contributed by atoms with Gasteiger partial charge in [0.1, 0.15) is 0 Å². The second kappa shape index (κ2) is 6.07. The Balaban J connectivity index is 1.76. The van der Waals surface area contributed by atoms with Gasteiger partial charge in [-0.15, -0.1) is 0 Å². The average Bonchev–Trinajstić information content (AvgIpc) is 2.49. The van der Waals surface area contributed by atoms with Crippen molar-refractivity contribution in [3.05, 3.63) is 35.4 Å². The second-order valence-electron chi connectivity index (χ2n) is 7.01.